The highest BCUT2D eigenvalue weighted by Crippen LogP contribution is 2.13. The molecule has 2 aromatic rings. The molecular formula is C9H7N2. The summed E-state index contributed by atoms with van der Waals surface area (Å²) in [5.74, 6) is 0. The molecule has 0 aliphatic heterocycles. The van der Waals surface area contributed by atoms with Crippen molar-refractivity contribution in [2.45, 2.75) is 0 Å². The van der Waals surface area contributed by atoms with Crippen LogP contribution in [0.25, 0.3) is 10.8 Å². The van der Waals surface area contributed by atoms with Gasteiger partial charge in [-0.25, -0.2) is 0 Å². The summed E-state index contributed by atoms with van der Waals surface area (Å²) in [6.07, 6.45) is 1.74. The monoisotopic (exact) mass is 143 g/mol. The maximum absolute atomic E-state index is 3.85. The van der Waals surface area contributed by atoms with Gasteiger partial charge >= 0.3 is 0 Å². The molecule has 53 valence electrons. The minimum Gasteiger partial charge on any atom is -0.158 e. The van der Waals surface area contributed by atoms with E-state index in [0.29, 0.717) is 0 Å². The zero-order valence-electron chi connectivity index (χ0n) is 5.99. The van der Waals surface area contributed by atoms with E-state index >= 15 is 0 Å². The predicted octanol–water partition coefficient (Wildman–Crippen LogP) is 1.81. The molecule has 0 saturated carbocycles. The van der Waals surface area contributed by atoms with E-state index in [2.05, 4.69) is 17.1 Å². The van der Waals surface area contributed by atoms with E-state index in [1.54, 1.807) is 6.20 Å². The van der Waals surface area contributed by atoms with Gasteiger partial charge in [-0.15, -0.1) is 0 Å². The second-order valence-electron chi connectivity index (χ2n) is 2.38. The van der Waals surface area contributed by atoms with Crippen molar-refractivity contribution < 1.29 is 0 Å². The van der Waals surface area contributed by atoms with Gasteiger partial charge in [0, 0.05) is 10.8 Å². The van der Waals surface area contributed by atoms with Crippen LogP contribution in [0, 0.1) is 6.92 Å². The molecule has 0 aliphatic carbocycles. The first kappa shape index (κ1) is 6.28. The fourth-order valence-electron chi connectivity index (χ4n) is 1.09. The summed E-state index contributed by atoms with van der Waals surface area (Å²) < 4.78 is 0. The smallest absolute Gasteiger partial charge is 0.0713 e. The van der Waals surface area contributed by atoms with E-state index < -0.39 is 0 Å². The summed E-state index contributed by atoms with van der Waals surface area (Å²) in [6.45, 7) is 3.78. The summed E-state index contributed by atoms with van der Waals surface area (Å²) in [7, 11) is 0. The Kier molecular flexibility index (Phi) is 1.32. The Morgan fingerprint density at radius 1 is 1.18 bits per heavy atom. The lowest BCUT2D eigenvalue weighted by Gasteiger charge is -1.96. The standard InChI is InChI=1S/C9H7N2/c1-7-9-5-3-2-4-8(9)6-10-11-7/h2-6H,1H2. The van der Waals surface area contributed by atoms with Gasteiger partial charge in [0.1, 0.15) is 0 Å². The number of hydrogen-bond donors (Lipinski definition) is 0. The summed E-state index contributed by atoms with van der Waals surface area (Å²) in [6, 6.07) is 7.94. The second kappa shape index (κ2) is 2.31. The molecular weight excluding hydrogens is 136 g/mol. The zero-order valence-corrected chi connectivity index (χ0v) is 5.99. The normalized spacial score (nSPS) is 10.3. The van der Waals surface area contributed by atoms with Crippen LogP contribution in [0.5, 0.6) is 0 Å². The van der Waals surface area contributed by atoms with E-state index in [9.17, 15) is 0 Å². The quantitative estimate of drug-likeness (QED) is 0.562. The van der Waals surface area contributed by atoms with Gasteiger partial charge in [0.25, 0.3) is 0 Å². The Labute approximate surface area is 64.9 Å². The predicted molar refractivity (Wildman–Crippen MR) is 44.0 cm³/mol. The molecule has 2 heteroatoms. The number of nitrogens with zero attached hydrogens (tertiary/aromatic N) is 2. The van der Waals surface area contributed by atoms with Gasteiger partial charge in [-0.3, -0.25) is 0 Å². The Morgan fingerprint density at radius 3 is 2.82 bits per heavy atom. The zero-order chi connectivity index (χ0) is 7.68. The molecule has 1 heterocycles. The lowest BCUT2D eigenvalue weighted by atomic mass is 10.1. The lowest BCUT2D eigenvalue weighted by molar-refractivity contribution is 1.03. The van der Waals surface area contributed by atoms with Crippen LogP contribution in [-0.4, -0.2) is 10.2 Å². The van der Waals surface area contributed by atoms with Crippen LogP contribution >= 0.6 is 0 Å². The van der Waals surface area contributed by atoms with Gasteiger partial charge in [-0.2, -0.15) is 10.2 Å². The van der Waals surface area contributed by atoms with Crippen molar-refractivity contribution in [2.75, 3.05) is 0 Å². The molecule has 1 aromatic heterocycles. The molecule has 0 spiro atoms. The van der Waals surface area contributed by atoms with E-state index in [1.165, 1.54) is 0 Å². The van der Waals surface area contributed by atoms with E-state index in [-0.39, 0.29) is 0 Å². The first-order valence-corrected chi connectivity index (χ1v) is 3.40. The topological polar surface area (TPSA) is 25.8 Å². The Balaban J connectivity index is 2.91. The molecule has 0 aliphatic rings. The molecule has 0 amide bonds. The molecule has 2 rings (SSSR count). The molecule has 0 fully saturated rings. The average molecular weight is 143 g/mol. The minimum atomic E-state index is 0.739. The number of rotatable bonds is 0. The van der Waals surface area contributed by atoms with Gasteiger partial charge in [0.2, 0.25) is 0 Å². The highest BCUT2D eigenvalue weighted by molar-refractivity contribution is 5.83. The molecule has 11 heavy (non-hydrogen) atoms. The maximum Gasteiger partial charge on any atom is 0.0713 e. The highest BCUT2D eigenvalue weighted by Gasteiger charge is 1.94. The van der Waals surface area contributed by atoms with Gasteiger partial charge in [-0.05, 0) is 6.92 Å². The number of fused-ring (bicyclic) bond motifs is 1. The molecule has 1 aromatic carbocycles. The van der Waals surface area contributed by atoms with Crippen LogP contribution in [0.15, 0.2) is 30.5 Å². The van der Waals surface area contributed by atoms with Crippen LogP contribution < -0.4 is 0 Å². The largest absolute Gasteiger partial charge is 0.158 e. The molecule has 1 radical (unpaired) electrons. The highest BCUT2D eigenvalue weighted by atomic mass is 15.1. The first-order valence-electron chi connectivity index (χ1n) is 3.40. The fourth-order valence-corrected chi connectivity index (χ4v) is 1.09. The molecule has 0 N–H and O–H groups in total. The SMILES string of the molecule is [CH2]c1nncc2ccccc12. The van der Waals surface area contributed by atoms with Crippen molar-refractivity contribution in [2.24, 2.45) is 0 Å². The van der Waals surface area contributed by atoms with Crippen molar-refractivity contribution in [3.05, 3.63) is 43.1 Å². The minimum absolute atomic E-state index is 0.739. The summed E-state index contributed by atoms with van der Waals surface area (Å²) in [5, 5.41) is 9.81. The van der Waals surface area contributed by atoms with Crippen molar-refractivity contribution in [1.82, 2.24) is 10.2 Å². The molecule has 2 nitrogen and oxygen atoms in total. The number of benzene rings is 1. The summed E-state index contributed by atoms with van der Waals surface area (Å²) >= 11 is 0. The lowest BCUT2D eigenvalue weighted by Crippen LogP contribution is -1.86. The van der Waals surface area contributed by atoms with E-state index in [4.69, 9.17) is 0 Å². The van der Waals surface area contributed by atoms with Crippen LogP contribution in [0.2, 0.25) is 0 Å². The Hall–Kier alpha value is -1.44. The Bertz CT molecular complexity index is 377. The van der Waals surface area contributed by atoms with Crippen LogP contribution in [-0.2, 0) is 0 Å². The van der Waals surface area contributed by atoms with Crippen molar-refractivity contribution in [3.63, 3.8) is 0 Å². The second-order valence-corrected chi connectivity index (χ2v) is 2.38. The first-order chi connectivity index (χ1) is 5.38. The van der Waals surface area contributed by atoms with Gasteiger partial charge in [0.15, 0.2) is 0 Å². The van der Waals surface area contributed by atoms with Gasteiger partial charge in [-0.1, -0.05) is 24.3 Å². The van der Waals surface area contributed by atoms with Crippen LogP contribution in [0.1, 0.15) is 5.69 Å². The van der Waals surface area contributed by atoms with Crippen molar-refractivity contribution in [3.8, 4) is 0 Å². The van der Waals surface area contributed by atoms with Gasteiger partial charge in [0.05, 0.1) is 11.9 Å². The maximum atomic E-state index is 3.85. The van der Waals surface area contributed by atoms with Gasteiger partial charge < -0.3 is 0 Å². The number of aromatic nitrogens is 2. The van der Waals surface area contributed by atoms with E-state index in [0.717, 1.165) is 16.5 Å². The van der Waals surface area contributed by atoms with Crippen molar-refractivity contribution >= 4 is 10.8 Å². The molecule has 0 atom stereocenters. The number of hydrogen-bond acceptors (Lipinski definition) is 2. The third-order valence-corrected chi connectivity index (χ3v) is 1.65. The third-order valence-electron chi connectivity index (χ3n) is 1.65. The Morgan fingerprint density at radius 2 is 2.00 bits per heavy atom. The van der Waals surface area contributed by atoms with Crippen LogP contribution in [0.4, 0.5) is 0 Å². The molecule has 0 unspecified atom stereocenters. The summed E-state index contributed by atoms with van der Waals surface area (Å²) in [5.41, 5.74) is 0.739. The third kappa shape index (κ3) is 0.963. The molecule has 0 saturated heterocycles. The fraction of sp³-hybridized carbons (Fsp3) is 0. The molecule has 0 bridgehead atoms. The van der Waals surface area contributed by atoms with E-state index in [1.807, 2.05) is 24.3 Å². The van der Waals surface area contributed by atoms with Crippen molar-refractivity contribution in [1.29, 1.82) is 0 Å². The average Bonchev–Trinajstić information content (AvgIpc) is 2.06. The van der Waals surface area contributed by atoms with Crippen LogP contribution in [0.3, 0.4) is 0 Å². The summed E-state index contributed by atoms with van der Waals surface area (Å²) in [4.78, 5) is 0.